The van der Waals surface area contributed by atoms with Gasteiger partial charge < -0.3 is 14.5 Å². The number of ether oxygens (including phenoxy) is 2. The molecular weight excluding hydrogens is 342 g/mol. The van der Waals surface area contributed by atoms with E-state index >= 15 is 0 Å². The number of carbonyl (C=O) groups is 3. The molecule has 0 aromatic carbocycles. The smallest absolute Gasteiger partial charge is 0.355 e. The normalized spacial score (nSPS) is 10.8. The standard InChI is InChI=1S/C18H19NO5S/c1-4-23-18(22)17-11(2)16(12(3)19-17)14(20)9-24-15(21)6-5-13-7-8-25-10-13/h5-8,10,19H,4,9H2,1-3H3/b6-5+. The van der Waals surface area contributed by atoms with E-state index in [4.69, 9.17) is 9.47 Å². The molecule has 0 aliphatic carbocycles. The Balaban J connectivity index is 2.01. The molecule has 0 saturated carbocycles. The summed E-state index contributed by atoms with van der Waals surface area (Å²) in [5.41, 5.74) is 2.51. The first kappa shape index (κ1) is 18.7. The Morgan fingerprint density at radius 3 is 2.64 bits per heavy atom. The van der Waals surface area contributed by atoms with E-state index in [0.717, 1.165) is 5.56 Å². The second kappa shape index (κ2) is 8.43. The van der Waals surface area contributed by atoms with Gasteiger partial charge in [0, 0.05) is 17.3 Å². The fourth-order valence-electron chi connectivity index (χ4n) is 2.37. The molecule has 0 bridgehead atoms. The van der Waals surface area contributed by atoms with Crippen LogP contribution in [0.15, 0.2) is 22.9 Å². The molecule has 6 nitrogen and oxygen atoms in total. The van der Waals surface area contributed by atoms with Gasteiger partial charge in [-0.1, -0.05) is 0 Å². The van der Waals surface area contributed by atoms with Crippen molar-refractivity contribution < 1.29 is 23.9 Å². The maximum absolute atomic E-state index is 12.3. The summed E-state index contributed by atoms with van der Waals surface area (Å²) in [6.45, 7) is 4.89. The summed E-state index contributed by atoms with van der Waals surface area (Å²) in [5, 5.41) is 3.78. The molecule has 0 atom stereocenters. The van der Waals surface area contributed by atoms with E-state index in [0.29, 0.717) is 16.8 Å². The van der Waals surface area contributed by atoms with Crippen LogP contribution >= 0.6 is 11.3 Å². The van der Waals surface area contributed by atoms with Crippen LogP contribution in [0.25, 0.3) is 6.08 Å². The summed E-state index contributed by atoms with van der Waals surface area (Å²) in [6, 6.07) is 1.86. The van der Waals surface area contributed by atoms with Gasteiger partial charge in [0.15, 0.2) is 6.61 Å². The molecule has 2 aromatic rings. The van der Waals surface area contributed by atoms with Crippen molar-refractivity contribution in [3.05, 3.63) is 51.0 Å². The lowest BCUT2D eigenvalue weighted by Crippen LogP contribution is -2.14. The van der Waals surface area contributed by atoms with Gasteiger partial charge in [-0.3, -0.25) is 4.79 Å². The van der Waals surface area contributed by atoms with E-state index in [1.165, 1.54) is 17.4 Å². The van der Waals surface area contributed by atoms with Gasteiger partial charge in [-0.15, -0.1) is 0 Å². The Morgan fingerprint density at radius 1 is 1.24 bits per heavy atom. The summed E-state index contributed by atoms with van der Waals surface area (Å²) in [4.78, 5) is 38.8. The van der Waals surface area contributed by atoms with Crippen molar-refractivity contribution in [2.45, 2.75) is 20.8 Å². The summed E-state index contributed by atoms with van der Waals surface area (Å²) < 4.78 is 9.93. The minimum Gasteiger partial charge on any atom is -0.461 e. The average molecular weight is 361 g/mol. The second-order valence-electron chi connectivity index (χ2n) is 5.27. The van der Waals surface area contributed by atoms with Gasteiger partial charge >= 0.3 is 11.9 Å². The first-order valence-electron chi connectivity index (χ1n) is 7.70. The van der Waals surface area contributed by atoms with Crippen molar-refractivity contribution in [3.8, 4) is 0 Å². The quantitative estimate of drug-likeness (QED) is 0.464. The highest BCUT2D eigenvalue weighted by Gasteiger charge is 2.23. The highest BCUT2D eigenvalue weighted by molar-refractivity contribution is 7.08. The Morgan fingerprint density at radius 2 is 2.00 bits per heavy atom. The number of nitrogens with one attached hydrogen (secondary N) is 1. The third kappa shape index (κ3) is 4.67. The zero-order chi connectivity index (χ0) is 18.4. The minimum atomic E-state index is -0.601. The molecule has 132 valence electrons. The largest absolute Gasteiger partial charge is 0.461 e. The molecule has 0 amide bonds. The van der Waals surface area contributed by atoms with Crippen LogP contribution in [0.2, 0.25) is 0 Å². The van der Waals surface area contributed by atoms with Gasteiger partial charge in [0.05, 0.1) is 6.61 Å². The number of rotatable bonds is 7. The molecular formula is C18H19NO5S. The molecule has 2 rings (SSSR count). The van der Waals surface area contributed by atoms with Crippen molar-refractivity contribution >= 4 is 35.1 Å². The summed E-state index contributed by atoms with van der Waals surface area (Å²) in [5.74, 6) is -1.49. The van der Waals surface area contributed by atoms with Gasteiger partial charge in [-0.2, -0.15) is 11.3 Å². The number of aromatic amines is 1. The third-order valence-electron chi connectivity index (χ3n) is 3.50. The fraction of sp³-hybridized carbons (Fsp3) is 0.278. The summed E-state index contributed by atoms with van der Waals surface area (Å²) >= 11 is 1.52. The molecule has 25 heavy (non-hydrogen) atoms. The van der Waals surface area contributed by atoms with Crippen molar-refractivity contribution in [2.75, 3.05) is 13.2 Å². The lowest BCUT2D eigenvalue weighted by molar-refractivity contribution is -0.136. The lowest BCUT2D eigenvalue weighted by atomic mass is 10.1. The lowest BCUT2D eigenvalue weighted by Gasteiger charge is -2.03. The zero-order valence-corrected chi connectivity index (χ0v) is 15.1. The molecule has 0 fully saturated rings. The summed E-state index contributed by atoms with van der Waals surface area (Å²) in [7, 11) is 0. The molecule has 0 unspecified atom stereocenters. The molecule has 0 saturated heterocycles. The van der Waals surface area contributed by atoms with E-state index in [2.05, 4.69) is 4.98 Å². The molecule has 0 radical (unpaired) electrons. The molecule has 0 spiro atoms. The monoisotopic (exact) mass is 361 g/mol. The van der Waals surface area contributed by atoms with E-state index in [1.807, 2.05) is 16.8 Å². The number of hydrogen-bond donors (Lipinski definition) is 1. The number of carbonyl (C=O) groups excluding carboxylic acids is 3. The molecule has 2 heterocycles. The number of esters is 2. The van der Waals surface area contributed by atoms with E-state index in [1.54, 1.807) is 26.8 Å². The fourth-order valence-corrected chi connectivity index (χ4v) is 3.00. The number of hydrogen-bond acceptors (Lipinski definition) is 6. The van der Waals surface area contributed by atoms with Crippen LogP contribution in [-0.4, -0.2) is 35.9 Å². The zero-order valence-electron chi connectivity index (χ0n) is 14.3. The Hall–Kier alpha value is -2.67. The maximum Gasteiger partial charge on any atom is 0.355 e. The van der Waals surface area contributed by atoms with Crippen molar-refractivity contribution in [3.63, 3.8) is 0 Å². The van der Waals surface area contributed by atoms with Crippen molar-refractivity contribution in [2.24, 2.45) is 0 Å². The third-order valence-corrected chi connectivity index (χ3v) is 4.20. The SMILES string of the molecule is CCOC(=O)c1[nH]c(C)c(C(=O)COC(=O)/C=C/c2ccsc2)c1C. The highest BCUT2D eigenvalue weighted by atomic mass is 32.1. The van der Waals surface area contributed by atoms with Gasteiger partial charge in [-0.25, -0.2) is 9.59 Å². The number of H-pyrrole nitrogens is 1. The minimum absolute atomic E-state index is 0.242. The van der Waals surface area contributed by atoms with Gasteiger partial charge in [0.25, 0.3) is 0 Å². The molecule has 2 aromatic heterocycles. The molecule has 1 N–H and O–H groups in total. The van der Waals surface area contributed by atoms with Gasteiger partial charge in [0.2, 0.25) is 5.78 Å². The first-order chi connectivity index (χ1) is 11.9. The van der Waals surface area contributed by atoms with E-state index in [-0.39, 0.29) is 18.1 Å². The van der Waals surface area contributed by atoms with Crippen LogP contribution in [0, 0.1) is 13.8 Å². The molecule has 0 aliphatic heterocycles. The topological polar surface area (TPSA) is 85.5 Å². The summed E-state index contributed by atoms with van der Waals surface area (Å²) in [6.07, 6.45) is 2.89. The van der Waals surface area contributed by atoms with E-state index in [9.17, 15) is 14.4 Å². The predicted molar refractivity (Wildman–Crippen MR) is 94.9 cm³/mol. The predicted octanol–water partition coefficient (Wildman–Crippen LogP) is 3.31. The van der Waals surface area contributed by atoms with Crippen LogP contribution in [0.1, 0.15) is 44.6 Å². The Bertz CT molecular complexity index is 802. The van der Waals surface area contributed by atoms with Crippen LogP contribution < -0.4 is 0 Å². The van der Waals surface area contributed by atoms with Gasteiger partial charge in [0.1, 0.15) is 5.69 Å². The average Bonchev–Trinajstić information content (AvgIpc) is 3.19. The number of ketones is 1. The molecule has 7 heteroatoms. The van der Waals surface area contributed by atoms with Crippen LogP contribution in [-0.2, 0) is 14.3 Å². The number of Topliss-reactive ketones (excluding diaryl/α,β-unsaturated/α-hetero) is 1. The van der Waals surface area contributed by atoms with Crippen LogP contribution in [0.5, 0.6) is 0 Å². The van der Waals surface area contributed by atoms with Crippen molar-refractivity contribution in [1.82, 2.24) is 4.98 Å². The van der Waals surface area contributed by atoms with Crippen LogP contribution in [0.3, 0.4) is 0 Å². The molecule has 0 aliphatic rings. The maximum atomic E-state index is 12.3. The number of aryl methyl sites for hydroxylation is 1. The van der Waals surface area contributed by atoms with Crippen LogP contribution in [0.4, 0.5) is 0 Å². The Labute approximate surface area is 149 Å². The van der Waals surface area contributed by atoms with E-state index < -0.39 is 18.5 Å². The van der Waals surface area contributed by atoms with Gasteiger partial charge in [-0.05, 0) is 54.8 Å². The second-order valence-corrected chi connectivity index (χ2v) is 6.05. The number of aromatic nitrogens is 1. The first-order valence-corrected chi connectivity index (χ1v) is 8.64. The number of thiophene rings is 1. The highest BCUT2D eigenvalue weighted by Crippen LogP contribution is 2.19. The van der Waals surface area contributed by atoms with Crippen molar-refractivity contribution in [1.29, 1.82) is 0 Å². The Kier molecular flexibility index (Phi) is 6.30.